The highest BCUT2D eigenvalue weighted by atomic mass is 32.2. The normalized spacial score (nSPS) is 11.6. The van der Waals surface area contributed by atoms with E-state index in [0.717, 1.165) is 5.56 Å². The number of esters is 1. The van der Waals surface area contributed by atoms with Crippen LogP contribution in [0.1, 0.15) is 18.6 Å². The second kappa shape index (κ2) is 9.13. The van der Waals surface area contributed by atoms with Crippen LogP contribution >= 0.6 is 11.3 Å². The molecule has 0 radical (unpaired) electrons. The van der Waals surface area contributed by atoms with Gasteiger partial charge in [0.2, 0.25) is 0 Å². The first-order valence-corrected chi connectivity index (χ1v) is 11.0. The molecule has 9 heteroatoms. The van der Waals surface area contributed by atoms with Crippen molar-refractivity contribution in [3.05, 3.63) is 59.7 Å². The third-order valence-electron chi connectivity index (χ3n) is 4.02. The lowest BCUT2D eigenvalue weighted by atomic mass is 10.1. The van der Waals surface area contributed by atoms with Crippen LogP contribution in [0.2, 0.25) is 0 Å². The molecule has 0 atom stereocenters. The Morgan fingerprint density at radius 3 is 2.71 bits per heavy atom. The van der Waals surface area contributed by atoms with Crippen molar-refractivity contribution in [2.45, 2.75) is 23.7 Å². The molecule has 0 fully saturated rings. The van der Waals surface area contributed by atoms with Gasteiger partial charge in [-0.05, 0) is 17.9 Å². The molecular weight excluding hydrogens is 400 g/mol. The monoisotopic (exact) mass is 420 g/mol. The summed E-state index contributed by atoms with van der Waals surface area (Å²) in [4.78, 5) is 11.9. The van der Waals surface area contributed by atoms with Crippen LogP contribution in [0.3, 0.4) is 0 Å². The molecule has 1 aromatic carbocycles. The Balaban J connectivity index is 1.42. The molecule has 148 valence electrons. The molecule has 0 spiro atoms. The summed E-state index contributed by atoms with van der Waals surface area (Å²) in [5.74, 6) is 0.0316. The Labute approximate surface area is 167 Å². The van der Waals surface area contributed by atoms with Crippen LogP contribution in [0, 0.1) is 0 Å². The van der Waals surface area contributed by atoms with Crippen LogP contribution in [0.15, 0.2) is 62.6 Å². The van der Waals surface area contributed by atoms with Crippen LogP contribution in [-0.2, 0) is 26.2 Å². The number of nitrogens with zero attached hydrogens (tertiary/aromatic N) is 2. The smallest absolute Gasteiger partial charge is 0.306 e. The lowest BCUT2D eigenvalue weighted by molar-refractivity contribution is -0.145. The van der Waals surface area contributed by atoms with Crippen LogP contribution in [-0.4, -0.2) is 37.4 Å². The Morgan fingerprint density at radius 1 is 1.21 bits per heavy atom. The number of sulfonamides is 1. The molecular formula is C19H20N2O5S2. The number of hydrogen-bond donors (Lipinski definition) is 0. The van der Waals surface area contributed by atoms with Gasteiger partial charge in [0.15, 0.2) is 12.4 Å². The number of aromatic nitrogens is 1. The maximum absolute atomic E-state index is 12.3. The molecule has 0 aliphatic heterocycles. The number of ether oxygens (including phenoxy) is 1. The van der Waals surface area contributed by atoms with Crippen molar-refractivity contribution >= 4 is 27.3 Å². The number of carbonyl (C=O) groups excluding carboxylic acids is 1. The Morgan fingerprint density at radius 2 is 2.00 bits per heavy atom. The maximum Gasteiger partial charge on any atom is 0.306 e. The van der Waals surface area contributed by atoms with E-state index in [9.17, 15) is 13.2 Å². The highest BCUT2D eigenvalue weighted by molar-refractivity contribution is 7.91. The Kier molecular flexibility index (Phi) is 6.61. The fourth-order valence-electron chi connectivity index (χ4n) is 2.48. The van der Waals surface area contributed by atoms with Gasteiger partial charge in [0.25, 0.3) is 10.0 Å². The SMILES string of the molecule is CN(CCCC(=O)OCc1cc(-c2ccccc2)no1)S(=O)(=O)c1cccs1. The molecule has 7 nitrogen and oxygen atoms in total. The van der Waals surface area contributed by atoms with Gasteiger partial charge in [0.05, 0.1) is 0 Å². The van der Waals surface area contributed by atoms with Crippen LogP contribution < -0.4 is 0 Å². The predicted molar refractivity (Wildman–Crippen MR) is 105 cm³/mol. The van der Waals surface area contributed by atoms with Crippen LogP contribution in [0.5, 0.6) is 0 Å². The third kappa shape index (κ3) is 5.06. The lowest BCUT2D eigenvalue weighted by Gasteiger charge is -2.15. The van der Waals surface area contributed by atoms with Gasteiger partial charge in [-0.3, -0.25) is 4.79 Å². The molecule has 0 bridgehead atoms. The molecule has 0 aliphatic carbocycles. The minimum atomic E-state index is -3.50. The van der Waals surface area contributed by atoms with E-state index in [0.29, 0.717) is 17.9 Å². The number of hydrogen-bond acceptors (Lipinski definition) is 7. The van der Waals surface area contributed by atoms with Gasteiger partial charge < -0.3 is 9.26 Å². The van der Waals surface area contributed by atoms with E-state index in [-0.39, 0.29) is 23.8 Å². The summed E-state index contributed by atoms with van der Waals surface area (Å²) in [5.41, 5.74) is 1.59. The summed E-state index contributed by atoms with van der Waals surface area (Å²) >= 11 is 1.17. The summed E-state index contributed by atoms with van der Waals surface area (Å²) in [6.07, 6.45) is 0.482. The molecule has 3 rings (SSSR count). The topological polar surface area (TPSA) is 89.7 Å². The number of thiophene rings is 1. The van der Waals surface area contributed by atoms with Crippen molar-refractivity contribution in [3.8, 4) is 11.3 Å². The Bertz CT molecular complexity index is 998. The standard InChI is InChI=1S/C19H20N2O5S2/c1-21(28(23,24)19-10-6-12-27-19)11-5-9-18(22)25-14-16-13-17(20-26-16)15-7-3-2-4-8-15/h2-4,6-8,10,12-13H,5,9,11,14H2,1H3. The van der Waals surface area contributed by atoms with Crippen molar-refractivity contribution in [2.75, 3.05) is 13.6 Å². The van der Waals surface area contributed by atoms with Crippen molar-refractivity contribution in [3.63, 3.8) is 0 Å². The molecule has 3 aromatic rings. The first-order valence-electron chi connectivity index (χ1n) is 8.63. The molecule has 0 unspecified atom stereocenters. The van der Waals surface area contributed by atoms with Gasteiger partial charge in [0, 0.05) is 31.6 Å². The van der Waals surface area contributed by atoms with E-state index in [2.05, 4.69) is 5.16 Å². The quantitative estimate of drug-likeness (QED) is 0.492. The van der Waals surface area contributed by atoms with Crippen molar-refractivity contribution in [1.82, 2.24) is 9.46 Å². The molecule has 0 amide bonds. The molecule has 0 N–H and O–H groups in total. The highest BCUT2D eigenvalue weighted by Gasteiger charge is 2.21. The average Bonchev–Trinajstić information content (AvgIpc) is 3.39. The summed E-state index contributed by atoms with van der Waals surface area (Å²) in [6, 6.07) is 14.5. The molecule has 0 aliphatic rings. The molecule has 0 saturated heterocycles. The Hall–Kier alpha value is -2.49. The van der Waals surface area contributed by atoms with Crippen molar-refractivity contribution < 1.29 is 22.5 Å². The summed E-state index contributed by atoms with van der Waals surface area (Å²) in [5, 5.41) is 5.68. The van der Waals surface area contributed by atoms with Crippen LogP contribution in [0.4, 0.5) is 0 Å². The van der Waals surface area contributed by atoms with Gasteiger partial charge in [-0.15, -0.1) is 11.3 Å². The van der Waals surface area contributed by atoms with Crippen LogP contribution in [0.25, 0.3) is 11.3 Å². The second-order valence-electron chi connectivity index (χ2n) is 6.07. The van der Waals surface area contributed by atoms with E-state index in [1.807, 2.05) is 30.3 Å². The van der Waals surface area contributed by atoms with Gasteiger partial charge >= 0.3 is 5.97 Å². The van der Waals surface area contributed by atoms with Crippen molar-refractivity contribution in [1.29, 1.82) is 0 Å². The zero-order chi connectivity index (χ0) is 20.0. The lowest BCUT2D eigenvalue weighted by Crippen LogP contribution is -2.27. The zero-order valence-electron chi connectivity index (χ0n) is 15.3. The van der Waals surface area contributed by atoms with Gasteiger partial charge in [0.1, 0.15) is 9.90 Å². The first-order chi connectivity index (χ1) is 13.5. The van der Waals surface area contributed by atoms with E-state index < -0.39 is 16.0 Å². The van der Waals surface area contributed by atoms with Gasteiger partial charge in [-0.1, -0.05) is 41.6 Å². The number of rotatable bonds is 9. The minimum absolute atomic E-state index is 0.0119. The fraction of sp³-hybridized carbons (Fsp3) is 0.263. The first kappa shape index (κ1) is 20.2. The molecule has 2 aromatic heterocycles. The largest absolute Gasteiger partial charge is 0.457 e. The van der Waals surface area contributed by atoms with Gasteiger partial charge in [-0.2, -0.15) is 0 Å². The van der Waals surface area contributed by atoms with Gasteiger partial charge in [-0.25, -0.2) is 12.7 Å². The molecule has 2 heterocycles. The maximum atomic E-state index is 12.3. The third-order valence-corrected chi connectivity index (χ3v) is 7.25. The summed E-state index contributed by atoms with van der Waals surface area (Å²) in [6.45, 7) is 0.220. The summed E-state index contributed by atoms with van der Waals surface area (Å²) < 4.78 is 36.5. The van der Waals surface area contributed by atoms with E-state index in [4.69, 9.17) is 9.26 Å². The number of benzene rings is 1. The zero-order valence-corrected chi connectivity index (χ0v) is 16.9. The highest BCUT2D eigenvalue weighted by Crippen LogP contribution is 2.21. The fourth-order valence-corrected chi connectivity index (χ4v) is 4.89. The van der Waals surface area contributed by atoms with E-state index in [1.54, 1.807) is 23.6 Å². The molecule has 28 heavy (non-hydrogen) atoms. The average molecular weight is 421 g/mol. The predicted octanol–water partition coefficient (Wildman–Crippen LogP) is 3.55. The van der Waals surface area contributed by atoms with E-state index >= 15 is 0 Å². The summed E-state index contributed by atoms with van der Waals surface area (Å²) in [7, 11) is -2.00. The van der Waals surface area contributed by atoms with E-state index in [1.165, 1.54) is 22.7 Å². The number of carbonyl (C=O) groups is 1. The second-order valence-corrected chi connectivity index (χ2v) is 9.29. The van der Waals surface area contributed by atoms with Crippen molar-refractivity contribution in [2.24, 2.45) is 0 Å². The minimum Gasteiger partial charge on any atom is -0.457 e. The molecule has 0 saturated carbocycles.